The van der Waals surface area contributed by atoms with Gasteiger partial charge in [-0.3, -0.25) is 28.8 Å². The minimum Gasteiger partial charge on any atom is -0.391 e. The van der Waals surface area contributed by atoms with E-state index >= 15 is 0 Å². The third-order valence-electron chi connectivity index (χ3n) is 14.6. The van der Waals surface area contributed by atoms with Crippen LogP contribution in [0.1, 0.15) is 115 Å². The van der Waals surface area contributed by atoms with E-state index in [0.29, 0.717) is 47.9 Å². The summed E-state index contributed by atoms with van der Waals surface area (Å²) in [5, 5.41) is 33.6. The van der Waals surface area contributed by atoms with Crippen molar-refractivity contribution in [3.05, 3.63) is 179 Å². The Hall–Kier alpha value is -7.30. The van der Waals surface area contributed by atoms with E-state index in [0.717, 1.165) is 54.5 Å². The first-order chi connectivity index (χ1) is 38.3. The number of hydrogen-bond donors (Lipinski definition) is 8. The number of rotatable bonds is 31. The maximum atomic E-state index is 14.7. The summed E-state index contributed by atoms with van der Waals surface area (Å²) in [7, 11) is 0. The minimum atomic E-state index is -1.22. The highest BCUT2D eigenvalue weighted by Gasteiger charge is 2.42. The zero-order valence-electron chi connectivity index (χ0n) is 45.4. The maximum Gasteiger partial charge on any atom is 0.315 e. The van der Waals surface area contributed by atoms with Gasteiger partial charge in [0, 0.05) is 59.5 Å². The van der Waals surface area contributed by atoms with Gasteiger partial charge in [-0.1, -0.05) is 154 Å². The van der Waals surface area contributed by atoms with Gasteiger partial charge in [0.2, 0.25) is 23.6 Å². The van der Waals surface area contributed by atoms with Crippen LogP contribution in [0.2, 0.25) is 0 Å². The third-order valence-corrected chi connectivity index (χ3v) is 16.1. The van der Waals surface area contributed by atoms with Crippen LogP contribution in [0.4, 0.5) is 4.79 Å². The number of benzene rings is 5. The molecular formula is C63H77N7O8S. The molecule has 7 rings (SSSR count). The van der Waals surface area contributed by atoms with Crippen LogP contribution in [0.5, 0.6) is 0 Å². The Morgan fingerprint density at radius 1 is 0.570 bits per heavy atom. The molecule has 2 aliphatic heterocycles. The molecule has 5 aromatic rings. The lowest BCUT2D eigenvalue weighted by molar-refractivity contribution is -0.134. The second kappa shape index (κ2) is 30.7. The molecule has 0 aliphatic carbocycles. The van der Waals surface area contributed by atoms with E-state index in [1.807, 2.05) is 123 Å². The van der Waals surface area contributed by atoms with Crippen molar-refractivity contribution in [3.63, 3.8) is 0 Å². The molecule has 0 radical (unpaired) electrons. The number of aliphatic hydroxyl groups is 1. The van der Waals surface area contributed by atoms with Crippen molar-refractivity contribution < 1.29 is 38.7 Å². The molecule has 0 bridgehead atoms. The Morgan fingerprint density at radius 3 is 1.76 bits per heavy atom. The van der Waals surface area contributed by atoms with E-state index in [1.54, 1.807) is 48.5 Å². The molecule has 79 heavy (non-hydrogen) atoms. The lowest BCUT2D eigenvalue weighted by Gasteiger charge is -2.29. The Morgan fingerprint density at radius 2 is 1.13 bits per heavy atom. The lowest BCUT2D eigenvalue weighted by Crippen LogP contribution is -2.56. The highest BCUT2D eigenvalue weighted by molar-refractivity contribution is 8.00. The molecule has 0 saturated carbocycles. The first kappa shape index (κ1) is 59.4. The molecule has 0 unspecified atom stereocenters. The topological polar surface area (TPSA) is 224 Å². The van der Waals surface area contributed by atoms with Gasteiger partial charge in [-0.05, 0) is 92.5 Å². The second-order valence-corrected chi connectivity index (χ2v) is 22.5. The fourth-order valence-electron chi connectivity index (χ4n) is 10.2. The average Bonchev–Trinajstić information content (AvgIpc) is 4.03. The fourth-order valence-corrected chi connectivity index (χ4v) is 11.8. The summed E-state index contributed by atoms with van der Waals surface area (Å²) in [5.74, 6) is -1.88. The molecule has 2 heterocycles. The molecule has 5 aromatic carbocycles. The van der Waals surface area contributed by atoms with Crippen LogP contribution in [0, 0.1) is 11.8 Å². The van der Waals surface area contributed by atoms with Crippen molar-refractivity contribution in [2.24, 2.45) is 11.8 Å². The van der Waals surface area contributed by atoms with Gasteiger partial charge in [-0.2, -0.15) is 11.8 Å². The van der Waals surface area contributed by atoms with Crippen LogP contribution in [-0.4, -0.2) is 107 Å². The average molecular weight is 1090 g/mol. The highest BCUT2D eigenvalue weighted by atomic mass is 32.2. The van der Waals surface area contributed by atoms with Gasteiger partial charge < -0.3 is 42.3 Å². The van der Waals surface area contributed by atoms with Crippen LogP contribution >= 0.6 is 11.8 Å². The number of hydrogen-bond acceptors (Lipinski definition) is 9. The first-order valence-corrected chi connectivity index (χ1v) is 29.0. The number of carbonyl (C=O) groups excluding carboxylic acids is 7. The third kappa shape index (κ3) is 18.9. The zero-order valence-corrected chi connectivity index (χ0v) is 46.2. The Kier molecular flexibility index (Phi) is 23.1. The van der Waals surface area contributed by atoms with E-state index < -0.39 is 47.9 Å². The molecule has 16 heteroatoms. The number of aliphatic hydroxyl groups excluding tert-OH is 1. The van der Waals surface area contributed by atoms with E-state index in [4.69, 9.17) is 0 Å². The van der Waals surface area contributed by atoms with Crippen LogP contribution in [-0.2, 0) is 38.4 Å². The van der Waals surface area contributed by atoms with Crippen LogP contribution in [0.15, 0.2) is 146 Å². The molecule has 8 atom stereocenters. The standard InChI is InChI=1S/C63H77N7O8S/c1-42(2)36-51(62(77)68-52(39-45-24-12-5-13-25-45)61(76)65-35-19-7-18-34-64-56(72)29-17-16-28-55-57-53(41-79-55)69-63(78)70-57)67-60(75)49(37-43-20-8-3-9-21-43)40-54(71)50(38-44-22-10-4-11-23-44)66-59(74)48-32-30-47(31-33-48)58(73)46-26-14-6-15-27-46/h3-6,8-15,20-27,30-33,42,49-55,57,71H,7,16-19,28-29,34-41H2,1-2H3,(H,64,72)(H,65,76)(H,66,74)(H,67,75)(H,68,77)(H2,69,70,78)/t49-,50+,51+,52+,53+,54-,55+,57+/m1/s1. The SMILES string of the molecule is CC(C)C[C@H](NC(=O)[C@H](Cc1ccccc1)C[C@@H](O)[C@H](Cc1ccccc1)NC(=O)c1ccc(C(=O)c2ccccc2)cc1)C(=O)N[C@@H](Cc1ccccc1)C(=O)NCCCCCNC(=O)CCCC[C@@H]1SC[C@@H]2NC(=O)N[C@@H]21. The van der Waals surface area contributed by atoms with Gasteiger partial charge in [0.05, 0.1) is 24.2 Å². The predicted octanol–water partition coefficient (Wildman–Crippen LogP) is 7.26. The number of thioether (sulfide) groups is 1. The summed E-state index contributed by atoms with van der Waals surface area (Å²) in [4.78, 5) is 94.3. The summed E-state index contributed by atoms with van der Waals surface area (Å²) in [6.07, 6.45) is 5.00. The normalized spacial score (nSPS) is 17.4. The van der Waals surface area contributed by atoms with E-state index in [1.165, 1.54) is 0 Å². The summed E-state index contributed by atoms with van der Waals surface area (Å²) in [6.45, 7) is 4.81. The molecule has 0 spiro atoms. The van der Waals surface area contributed by atoms with Crippen molar-refractivity contribution in [2.75, 3.05) is 18.8 Å². The van der Waals surface area contributed by atoms with Gasteiger partial charge in [-0.15, -0.1) is 0 Å². The molecule has 2 saturated heterocycles. The number of carbonyl (C=O) groups is 7. The van der Waals surface area contributed by atoms with Crippen molar-refractivity contribution in [2.45, 2.75) is 132 Å². The molecular weight excluding hydrogens is 1010 g/mol. The summed E-state index contributed by atoms with van der Waals surface area (Å²) >= 11 is 1.88. The van der Waals surface area contributed by atoms with E-state index in [-0.39, 0.29) is 73.7 Å². The van der Waals surface area contributed by atoms with E-state index in [9.17, 15) is 38.7 Å². The smallest absolute Gasteiger partial charge is 0.315 e. The number of urea groups is 1. The van der Waals surface area contributed by atoms with Gasteiger partial charge in [0.25, 0.3) is 5.91 Å². The molecule has 2 aliphatic rings. The molecule has 8 N–H and O–H groups in total. The number of unbranched alkanes of at least 4 members (excludes halogenated alkanes) is 3. The molecule has 418 valence electrons. The van der Waals surface area contributed by atoms with Crippen LogP contribution < -0.4 is 37.2 Å². The van der Waals surface area contributed by atoms with Crippen LogP contribution in [0.3, 0.4) is 0 Å². The number of amides is 7. The highest BCUT2D eigenvalue weighted by Crippen LogP contribution is 2.33. The molecule has 0 aromatic heterocycles. The Bertz CT molecular complexity index is 2750. The number of nitrogens with one attached hydrogen (secondary N) is 7. The van der Waals surface area contributed by atoms with Gasteiger partial charge >= 0.3 is 6.03 Å². The Balaban J connectivity index is 0.948. The van der Waals surface area contributed by atoms with Crippen molar-refractivity contribution in [3.8, 4) is 0 Å². The summed E-state index contributed by atoms with van der Waals surface area (Å²) in [5.41, 5.74) is 3.80. The minimum absolute atomic E-state index is 0.0179. The van der Waals surface area contributed by atoms with E-state index in [2.05, 4.69) is 37.2 Å². The van der Waals surface area contributed by atoms with Gasteiger partial charge in [0.1, 0.15) is 12.1 Å². The predicted molar refractivity (Wildman–Crippen MR) is 309 cm³/mol. The van der Waals surface area contributed by atoms with Gasteiger partial charge in [0.15, 0.2) is 5.78 Å². The fraction of sp³-hybridized carbons (Fsp3) is 0.413. The Labute approximate surface area is 469 Å². The number of ketones is 1. The monoisotopic (exact) mass is 1090 g/mol. The molecule has 15 nitrogen and oxygen atoms in total. The quantitative estimate of drug-likeness (QED) is 0.0127. The van der Waals surface area contributed by atoms with Crippen molar-refractivity contribution in [1.29, 1.82) is 0 Å². The van der Waals surface area contributed by atoms with Crippen LogP contribution in [0.25, 0.3) is 0 Å². The lowest BCUT2D eigenvalue weighted by atomic mass is 9.88. The van der Waals surface area contributed by atoms with Crippen molar-refractivity contribution >= 4 is 53.1 Å². The van der Waals surface area contributed by atoms with Gasteiger partial charge in [-0.25, -0.2) is 4.79 Å². The maximum absolute atomic E-state index is 14.7. The van der Waals surface area contributed by atoms with Crippen molar-refractivity contribution in [1.82, 2.24) is 37.2 Å². The summed E-state index contributed by atoms with van der Waals surface area (Å²) < 4.78 is 0. The molecule has 7 amide bonds. The number of fused-ring (bicyclic) bond motifs is 1. The second-order valence-electron chi connectivity index (χ2n) is 21.2. The molecule has 2 fully saturated rings. The largest absolute Gasteiger partial charge is 0.391 e. The first-order valence-electron chi connectivity index (χ1n) is 27.9. The summed E-state index contributed by atoms with van der Waals surface area (Å²) in [6, 6.07) is 41.0. The zero-order chi connectivity index (χ0) is 55.9.